The summed E-state index contributed by atoms with van der Waals surface area (Å²) in [5.41, 5.74) is 3.45. The van der Waals surface area contributed by atoms with Crippen molar-refractivity contribution < 1.29 is 14.3 Å². The van der Waals surface area contributed by atoms with Crippen LogP contribution in [0.5, 0.6) is 11.5 Å². The van der Waals surface area contributed by atoms with Crippen LogP contribution in [-0.2, 0) is 17.8 Å². The molecule has 0 saturated carbocycles. The highest BCUT2D eigenvalue weighted by Gasteiger charge is 2.42. The van der Waals surface area contributed by atoms with Gasteiger partial charge in [-0.05, 0) is 56.2 Å². The van der Waals surface area contributed by atoms with Gasteiger partial charge in [-0.3, -0.25) is 9.69 Å². The summed E-state index contributed by atoms with van der Waals surface area (Å²) in [4.78, 5) is 18.8. The molecular weight excluding hydrogens is 456 g/mol. The van der Waals surface area contributed by atoms with E-state index in [2.05, 4.69) is 67.1 Å². The van der Waals surface area contributed by atoms with Crippen molar-refractivity contribution in [3.8, 4) is 11.5 Å². The van der Waals surface area contributed by atoms with Gasteiger partial charge < -0.3 is 14.4 Å². The van der Waals surface area contributed by atoms with E-state index in [-0.39, 0.29) is 17.4 Å². The van der Waals surface area contributed by atoms with Gasteiger partial charge >= 0.3 is 0 Å². The largest absolute Gasteiger partial charge is 0.497 e. The monoisotopic (exact) mass is 498 g/mol. The number of allylic oxidation sites excluding steroid dienone is 1. The van der Waals surface area contributed by atoms with E-state index in [0.717, 1.165) is 50.4 Å². The SMILES string of the molecule is CCc1cc(OC)cc(OC)c1C(C)/C=C(\C)C1(N(CC)C(C)=O)CCN(Cc2cccs2)CC1. The Morgan fingerprint density at radius 3 is 2.43 bits per heavy atom. The molecular formula is C29H42N2O3S. The molecule has 6 heteroatoms. The molecule has 1 atom stereocenters. The number of amides is 1. The number of benzene rings is 1. The second-order valence-electron chi connectivity index (χ2n) is 9.54. The smallest absolute Gasteiger partial charge is 0.220 e. The number of thiophene rings is 1. The molecule has 0 bridgehead atoms. The molecule has 0 aliphatic carbocycles. The number of carbonyl (C=O) groups excluding carboxylic acids is 1. The third-order valence-electron chi connectivity index (χ3n) is 7.58. The molecule has 0 N–H and O–H groups in total. The van der Waals surface area contributed by atoms with Crippen LogP contribution in [0.4, 0.5) is 0 Å². The van der Waals surface area contributed by atoms with E-state index < -0.39 is 0 Å². The van der Waals surface area contributed by atoms with Gasteiger partial charge in [0, 0.05) is 55.5 Å². The van der Waals surface area contributed by atoms with Crippen LogP contribution in [0.15, 0.2) is 41.3 Å². The van der Waals surface area contributed by atoms with Crippen molar-refractivity contribution in [2.45, 2.75) is 71.9 Å². The average molecular weight is 499 g/mol. The number of nitrogens with zero attached hydrogens (tertiary/aromatic N) is 2. The second-order valence-corrected chi connectivity index (χ2v) is 10.6. The van der Waals surface area contributed by atoms with Crippen molar-refractivity contribution in [2.75, 3.05) is 33.9 Å². The van der Waals surface area contributed by atoms with Crippen LogP contribution >= 0.6 is 11.3 Å². The van der Waals surface area contributed by atoms with E-state index >= 15 is 0 Å². The summed E-state index contributed by atoms with van der Waals surface area (Å²) in [7, 11) is 3.41. The van der Waals surface area contributed by atoms with Crippen LogP contribution in [0.1, 0.15) is 69.4 Å². The lowest BCUT2D eigenvalue weighted by Gasteiger charge is -2.49. The maximum absolute atomic E-state index is 12.8. The van der Waals surface area contributed by atoms with Crippen LogP contribution in [-0.4, -0.2) is 55.1 Å². The summed E-state index contributed by atoms with van der Waals surface area (Å²) >= 11 is 1.82. The molecule has 3 rings (SSSR count). The van der Waals surface area contributed by atoms with Crippen molar-refractivity contribution >= 4 is 17.2 Å². The first-order valence-electron chi connectivity index (χ1n) is 12.8. The first-order chi connectivity index (χ1) is 16.8. The fraction of sp³-hybridized carbons (Fsp3) is 0.552. The molecule has 5 nitrogen and oxygen atoms in total. The quantitative estimate of drug-likeness (QED) is 0.362. The van der Waals surface area contributed by atoms with Gasteiger partial charge in [0.05, 0.1) is 19.8 Å². The van der Waals surface area contributed by atoms with Crippen LogP contribution in [0.3, 0.4) is 0 Å². The van der Waals surface area contributed by atoms with Crippen LogP contribution in [0.25, 0.3) is 0 Å². The second kappa shape index (κ2) is 12.1. The Kier molecular flexibility index (Phi) is 9.42. The predicted molar refractivity (Wildman–Crippen MR) is 146 cm³/mol. The number of hydrogen-bond acceptors (Lipinski definition) is 5. The lowest BCUT2D eigenvalue weighted by atomic mass is 9.77. The van der Waals surface area contributed by atoms with E-state index in [4.69, 9.17) is 9.47 Å². The van der Waals surface area contributed by atoms with Gasteiger partial charge in [0.1, 0.15) is 11.5 Å². The number of rotatable bonds is 10. The number of carbonyl (C=O) groups is 1. The van der Waals surface area contributed by atoms with Crippen LogP contribution < -0.4 is 9.47 Å². The van der Waals surface area contributed by atoms with Gasteiger partial charge in [0.2, 0.25) is 5.91 Å². The molecule has 1 saturated heterocycles. The fourth-order valence-electron chi connectivity index (χ4n) is 5.77. The maximum atomic E-state index is 12.8. The van der Waals surface area contributed by atoms with Gasteiger partial charge in [-0.1, -0.05) is 31.6 Å². The van der Waals surface area contributed by atoms with Crippen LogP contribution in [0, 0.1) is 0 Å². The van der Waals surface area contributed by atoms with Crippen LogP contribution in [0.2, 0.25) is 0 Å². The molecule has 2 aromatic rings. The molecule has 1 fully saturated rings. The Bertz CT molecular complexity index is 982. The zero-order chi connectivity index (χ0) is 25.6. The van der Waals surface area contributed by atoms with Gasteiger partial charge in [0.15, 0.2) is 0 Å². The Hall–Kier alpha value is -2.31. The minimum atomic E-state index is -0.257. The fourth-order valence-corrected chi connectivity index (χ4v) is 6.52. The zero-order valence-electron chi connectivity index (χ0n) is 22.5. The van der Waals surface area contributed by atoms with Crippen molar-refractivity contribution in [1.82, 2.24) is 9.80 Å². The van der Waals surface area contributed by atoms with Gasteiger partial charge in [-0.2, -0.15) is 0 Å². The van der Waals surface area contributed by atoms with Gasteiger partial charge in [-0.15, -0.1) is 11.3 Å². The van der Waals surface area contributed by atoms with Gasteiger partial charge in [-0.25, -0.2) is 0 Å². The first kappa shape index (κ1) is 27.3. The molecule has 1 unspecified atom stereocenters. The highest BCUT2D eigenvalue weighted by molar-refractivity contribution is 7.09. The standard InChI is InChI=1S/C29H42N2O3S/c1-8-24-18-25(33-6)19-27(34-7)28(24)21(3)17-22(4)29(31(9-2)23(5)32)12-14-30(15-13-29)20-26-11-10-16-35-26/h10-11,16-19,21H,8-9,12-15,20H2,1-7H3/b22-17+. The number of methoxy groups -OCH3 is 2. The average Bonchev–Trinajstić information content (AvgIpc) is 3.37. The Morgan fingerprint density at radius 2 is 1.91 bits per heavy atom. The normalized spacial score (nSPS) is 17.2. The molecule has 1 amide bonds. The number of ether oxygens (including phenoxy) is 2. The van der Waals surface area contributed by atoms with E-state index in [0.29, 0.717) is 6.54 Å². The molecule has 1 aromatic carbocycles. The Morgan fingerprint density at radius 1 is 1.20 bits per heavy atom. The minimum absolute atomic E-state index is 0.149. The molecule has 1 aliphatic heterocycles. The highest BCUT2D eigenvalue weighted by Crippen LogP contribution is 2.40. The first-order valence-corrected chi connectivity index (χ1v) is 13.6. The summed E-state index contributed by atoms with van der Waals surface area (Å²) in [6, 6.07) is 8.42. The summed E-state index contributed by atoms with van der Waals surface area (Å²) in [6.07, 6.45) is 5.16. The number of hydrogen-bond donors (Lipinski definition) is 0. The number of likely N-dealkylation sites (tertiary alicyclic amines) is 1. The summed E-state index contributed by atoms with van der Waals surface area (Å²) < 4.78 is 11.3. The number of likely N-dealkylation sites (N-methyl/N-ethyl adjacent to an activating group) is 1. The maximum Gasteiger partial charge on any atom is 0.220 e. The van der Waals surface area contributed by atoms with E-state index in [1.54, 1.807) is 21.1 Å². The van der Waals surface area contributed by atoms with Crippen molar-refractivity contribution in [3.05, 3.63) is 57.3 Å². The topological polar surface area (TPSA) is 42.0 Å². The number of aryl methyl sites for hydroxylation is 1. The summed E-state index contributed by atoms with van der Waals surface area (Å²) in [5, 5.41) is 2.14. The number of piperidine rings is 1. The zero-order valence-corrected chi connectivity index (χ0v) is 23.3. The molecule has 192 valence electrons. The molecule has 1 aromatic heterocycles. The Balaban J connectivity index is 1.94. The summed E-state index contributed by atoms with van der Waals surface area (Å²) in [6.45, 7) is 14.1. The third-order valence-corrected chi connectivity index (χ3v) is 8.44. The molecule has 0 radical (unpaired) electrons. The Labute approximate surface area is 215 Å². The van der Waals surface area contributed by atoms with Gasteiger partial charge in [0.25, 0.3) is 0 Å². The van der Waals surface area contributed by atoms with Crippen molar-refractivity contribution in [1.29, 1.82) is 0 Å². The van der Waals surface area contributed by atoms with E-state index in [1.165, 1.54) is 21.6 Å². The van der Waals surface area contributed by atoms with Crippen molar-refractivity contribution in [2.24, 2.45) is 0 Å². The van der Waals surface area contributed by atoms with E-state index in [9.17, 15) is 4.79 Å². The van der Waals surface area contributed by atoms with Crippen molar-refractivity contribution in [3.63, 3.8) is 0 Å². The lowest BCUT2D eigenvalue weighted by molar-refractivity contribution is -0.135. The molecule has 0 spiro atoms. The molecule has 2 heterocycles. The molecule has 1 aliphatic rings. The third kappa shape index (κ3) is 5.92. The molecule has 35 heavy (non-hydrogen) atoms. The minimum Gasteiger partial charge on any atom is -0.497 e. The highest BCUT2D eigenvalue weighted by atomic mass is 32.1. The lowest BCUT2D eigenvalue weighted by Crippen LogP contribution is -2.57. The van der Waals surface area contributed by atoms with E-state index in [1.807, 2.05) is 17.4 Å². The summed E-state index contributed by atoms with van der Waals surface area (Å²) in [5.74, 6) is 1.98. The predicted octanol–water partition coefficient (Wildman–Crippen LogP) is 6.28.